The molecule has 0 bridgehead atoms. The quantitative estimate of drug-likeness (QED) is 0.549. The minimum atomic E-state index is -0.102. The highest BCUT2D eigenvalue weighted by Crippen LogP contribution is 2.17. The Hall–Kier alpha value is -2.69. The van der Waals surface area contributed by atoms with Crippen molar-refractivity contribution in [3.8, 4) is 11.5 Å². The number of carbonyl (C=O) groups excluding carboxylic acids is 1. The number of nitrogens with one attached hydrogen (secondary N) is 2. The molecule has 0 unspecified atom stereocenters. The third kappa shape index (κ3) is 8.03. The summed E-state index contributed by atoms with van der Waals surface area (Å²) in [7, 11) is 0. The molecule has 2 N–H and O–H groups in total. The van der Waals surface area contributed by atoms with Crippen molar-refractivity contribution < 1.29 is 14.3 Å². The van der Waals surface area contributed by atoms with Crippen LogP contribution in [0, 0.1) is 5.92 Å². The Kier molecular flexibility index (Phi) is 8.49. The maximum atomic E-state index is 12.1. The van der Waals surface area contributed by atoms with Gasteiger partial charge < -0.3 is 20.1 Å². The summed E-state index contributed by atoms with van der Waals surface area (Å²) in [6, 6.07) is 15.1. The van der Waals surface area contributed by atoms with Crippen LogP contribution in [0.5, 0.6) is 11.5 Å². The van der Waals surface area contributed by atoms with E-state index in [1.165, 1.54) is 0 Å². The summed E-state index contributed by atoms with van der Waals surface area (Å²) >= 11 is 0. The molecule has 2 rings (SSSR count). The van der Waals surface area contributed by atoms with Gasteiger partial charge in [0.25, 0.3) is 0 Å². The Labute approximate surface area is 162 Å². The molecule has 0 saturated heterocycles. The predicted octanol–water partition coefficient (Wildman–Crippen LogP) is 4.95. The zero-order valence-electron chi connectivity index (χ0n) is 16.5. The average molecular weight is 370 g/mol. The third-order valence-electron chi connectivity index (χ3n) is 3.80. The Morgan fingerprint density at radius 3 is 2.11 bits per heavy atom. The summed E-state index contributed by atoms with van der Waals surface area (Å²) in [6.45, 7) is 7.96. The first-order valence-electron chi connectivity index (χ1n) is 9.56. The summed E-state index contributed by atoms with van der Waals surface area (Å²) in [5, 5.41) is 5.98. The lowest BCUT2D eigenvalue weighted by atomic mass is 10.2. The minimum Gasteiger partial charge on any atom is -0.494 e. The zero-order valence-corrected chi connectivity index (χ0v) is 16.5. The number of hydrogen-bond donors (Lipinski definition) is 2. The molecule has 0 heterocycles. The van der Waals surface area contributed by atoms with Gasteiger partial charge in [-0.15, -0.1) is 0 Å². The highest BCUT2D eigenvalue weighted by Gasteiger charge is 2.04. The lowest BCUT2D eigenvalue weighted by Crippen LogP contribution is -2.21. The van der Waals surface area contributed by atoms with E-state index < -0.39 is 0 Å². The SMILES string of the molecule is CCCCOc1ccc(NC(=O)CNc2ccc(OCC(C)C)cc2)cc1. The first-order chi connectivity index (χ1) is 13.1. The van der Waals surface area contributed by atoms with Crippen LogP contribution in [0.4, 0.5) is 11.4 Å². The fourth-order valence-electron chi connectivity index (χ4n) is 2.29. The van der Waals surface area contributed by atoms with Crippen LogP contribution in [-0.4, -0.2) is 25.7 Å². The number of amides is 1. The van der Waals surface area contributed by atoms with Gasteiger partial charge in [-0.2, -0.15) is 0 Å². The van der Waals surface area contributed by atoms with Crippen molar-refractivity contribution in [1.29, 1.82) is 0 Å². The van der Waals surface area contributed by atoms with Gasteiger partial charge in [-0.3, -0.25) is 4.79 Å². The molecule has 1 amide bonds. The second kappa shape index (κ2) is 11.1. The van der Waals surface area contributed by atoms with E-state index in [1.54, 1.807) is 0 Å². The van der Waals surface area contributed by atoms with Gasteiger partial charge in [0.1, 0.15) is 11.5 Å². The van der Waals surface area contributed by atoms with Gasteiger partial charge in [0.15, 0.2) is 0 Å². The molecule has 0 aliphatic carbocycles. The Morgan fingerprint density at radius 1 is 0.926 bits per heavy atom. The maximum Gasteiger partial charge on any atom is 0.243 e. The van der Waals surface area contributed by atoms with Gasteiger partial charge in [-0.25, -0.2) is 0 Å². The number of anilines is 2. The van der Waals surface area contributed by atoms with Gasteiger partial charge in [-0.1, -0.05) is 27.2 Å². The highest BCUT2D eigenvalue weighted by molar-refractivity contribution is 5.93. The second-order valence-electron chi connectivity index (χ2n) is 6.86. The number of rotatable bonds is 11. The molecule has 0 aromatic heterocycles. The second-order valence-corrected chi connectivity index (χ2v) is 6.86. The Morgan fingerprint density at radius 2 is 1.52 bits per heavy atom. The van der Waals surface area contributed by atoms with E-state index in [1.807, 2.05) is 48.5 Å². The molecule has 5 nitrogen and oxygen atoms in total. The van der Waals surface area contributed by atoms with E-state index in [2.05, 4.69) is 31.4 Å². The lowest BCUT2D eigenvalue weighted by molar-refractivity contribution is -0.114. The van der Waals surface area contributed by atoms with Gasteiger partial charge >= 0.3 is 0 Å². The van der Waals surface area contributed by atoms with Crippen LogP contribution in [-0.2, 0) is 4.79 Å². The lowest BCUT2D eigenvalue weighted by Gasteiger charge is -2.11. The van der Waals surface area contributed by atoms with Crippen LogP contribution in [0.1, 0.15) is 33.6 Å². The molecule has 0 saturated carbocycles. The highest BCUT2D eigenvalue weighted by atomic mass is 16.5. The molecule has 2 aromatic carbocycles. The molecule has 0 aliphatic heterocycles. The molecule has 0 spiro atoms. The number of hydrogen-bond acceptors (Lipinski definition) is 4. The van der Waals surface area contributed by atoms with Crippen LogP contribution in [0.15, 0.2) is 48.5 Å². The standard InChI is InChI=1S/C22H30N2O3/c1-4-5-14-26-20-12-8-19(9-13-20)24-22(25)15-23-18-6-10-21(11-7-18)27-16-17(2)3/h6-13,17,23H,4-5,14-16H2,1-3H3,(H,24,25). The summed E-state index contributed by atoms with van der Waals surface area (Å²) in [6.07, 6.45) is 2.14. The van der Waals surface area contributed by atoms with E-state index in [0.717, 1.165) is 35.7 Å². The first kappa shape index (κ1) is 20.6. The van der Waals surface area contributed by atoms with E-state index in [0.29, 0.717) is 19.1 Å². The van der Waals surface area contributed by atoms with Crippen molar-refractivity contribution in [2.24, 2.45) is 5.92 Å². The van der Waals surface area contributed by atoms with Crippen LogP contribution < -0.4 is 20.1 Å². The molecular formula is C22H30N2O3. The van der Waals surface area contributed by atoms with Crippen molar-refractivity contribution in [1.82, 2.24) is 0 Å². The first-order valence-corrected chi connectivity index (χ1v) is 9.56. The third-order valence-corrected chi connectivity index (χ3v) is 3.80. The number of benzene rings is 2. The van der Waals surface area contributed by atoms with E-state index in [-0.39, 0.29) is 12.5 Å². The molecule has 5 heteroatoms. The van der Waals surface area contributed by atoms with Crippen LogP contribution in [0.25, 0.3) is 0 Å². The van der Waals surface area contributed by atoms with Crippen LogP contribution >= 0.6 is 0 Å². The number of unbranched alkanes of at least 4 members (excludes halogenated alkanes) is 1. The molecule has 2 aromatic rings. The number of ether oxygens (including phenoxy) is 2. The number of carbonyl (C=O) groups is 1. The summed E-state index contributed by atoms with van der Waals surface area (Å²) in [5.41, 5.74) is 1.63. The van der Waals surface area contributed by atoms with Crippen LogP contribution in [0.3, 0.4) is 0 Å². The topological polar surface area (TPSA) is 59.6 Å². The molecule has 0 radical (unpaired) electrons. The molecule has 27 heavy (non-hydrogen) atoms. The molecule has 146 valence electrons. The molecule has 0 atom stereocenters. The molecule has 0 aliphatic rings. The summed E-state index contributed by atoms with van der Waals surface area (Å²) in [5.74, 6) is 2.04. The minimum absolute atomic E-state index is 0.102. The summed E-state index contributed by atoms with van der Waals surface area (Å²) < 4.78 is 11.3. The fourth-order valence-corrected chi connectivity index (χ4v) is 2.29. The van der Waals surface area contributed by atoms with Gasteiger partial charge in [0.2, 0.25) is 5.91 Å². The van der Waals surface area contributed by atoms with Gasteiger partial charge in [0.05, 0.1) is 19.8 Å². The Balaban J connectivity index is 1.74. The van der Waals surface area contributed by atoms with Crippen molar-refractivity contribution in [2.45, 2.75) is 33.6 Å². The van der Waals surface area contributed by atoms with Crippen LogP contribution in [0.2, 0.25) is 0 Å². The normalized spacial score (nSPS) is 10.5. The maximum absolute atomic E-state index is 12.1. The summed E-state index contributed by atoms with van der Waals surface area (Å²) in [4.78, 5) is 12.1. The van der Waals surface area contributed by atoms with E-state index in [9.17, 15) is 4.79 Å². The van der Waals surface area contributed by atoms with Crippen molar-refractivity contribution in [3.05, 3.63) is 48.5 Å². The zero-order chi connectivity index (χ0) is 19.5. The van der Waals surface area contributed by atoms with Crippen molar-refractivity contribution in [2.75, 3.05) is 30.4 Å². The van der Waals surface area contributed by atoms with E-state index >= 15 is 0 Å². The smallest absolute Gasteiger partial charge is 0.243 e. The Bertz CT molecular complexity index is 682. The molecule has 0 fully saturated rings. The monoisotopic (exact) mass is 370 g/mol. The van der Waals surface area contributed by atoms with Crippen molar-refractivity contribution in [3.63, 3.8) is 0 Å². The predicted molar refractivity (Wildman–Crippen MR) is 111 cm³/mol. The van der Waals surface area contributed by atoms with Gasteiger partial charge in [0, 0.05) is 11.4 Å². The van der Waals surface area contributed by atoms with E-state index in [4.69, 9.17) is 9.47 Å². The average Bonchev–Trinajstić information content (AvgIpc) is 2.67. The largest absolute Gasteiger partial charge is 0.494 e. The van der Waals surface area contributed by atoms with Gasteiger partial charge in [-0.05, 0) is 60.9 Å². The van der Waals surface area contributed by atoms with Crippen molar-refractivity contribution >= 4 is 17.3 Å². The molecular weight excluding hydrogens is 340 g/mol. The fraction of sp³-hybridized carbons (Fsp3) is 0.409.